The molecule has 0 aromatic heterocycles. The van der Waals surface area contributed by atoms with Gasteiger partial charge in [0.05, 0.1) is 0 Å². The largest absolute Gasteiger partial charge is 0.385 e. The number of hydrogen-bond donors (Lipinski definition) is 1. The maximum absolute atomic E-state index is 3.41. The van der Waals surface area contributed by atoms with Crippen molar-refractivity contribution in [1.82, 2.24) is 0 Å². The number of rotatable bonds is 7. The van der Waals surface area contributed by atoms with E-state index >= 15 is 0 Å². The van der Waals surface area contributed by atoms with Crippen LogP contribution in [0, 0.1) is 0 Å². The van der Waals surface area contributed by atoms with Crippen LogP contribution in [-0.4, -0.2) is 18.1 Å². The molecule has 1 N–H and O–H groups in total. The van der Waals surface area contributed by atoms with Crippen molar-refractivity contribution >= 4 is 17.4 Å². The highest BCUT2D eigenvalue weighted by molar-refractivity contribution is 7.99. The van der Waals surface area contributed by atoms with Crippen LogP contribution >= 0.6 is 11.8 Å². The summed E-state index contributed by atoms with van der Waals surface area (Å²) in [5.74, 6) is 2.57. The third-order valence-electron chi connectivity index (χ3n) is 1.92. The zero-order chi connectivity index (χ0) is 10.1. The summed E-state index contributed by atoms with van der Waals surface area (Å²) >= 11 is 2.05. The molecule has 1 nitrogen and oxygen atoms in total. The smallest absolute Gasteiger partial charge is 0.0340 e. The fraction of sp³-hybridized carbons (Fsp3) is 0.500. The van der Waals surface area contributed by atoms with Crippen molar-refractivity contribution in [3.63, 3.8) is 0 Å². The molecule has 0 fully saturated rings. The lowest BCUT2D eigenvalue weighted by Gasteiger charge is -2.05. The Bertz CT molecular complexity index is 223. The number of anilines is 1. The Kier molecular flexibility index (Phi) is 6.33. The second kappa shape index (κ2) is 7.74. The summed E-state index contributed by atoms with van der Waals surface area (Å²) in [6.45, 7) is 3.32. The van der Waals surface area contributed by atoms with Crippen LogP contribution in [0.25, 0.3) is 0 Å². The molecular weight excluding hydrogens is 190 g/mol. The normalized spacial score (nSPS) is 10.1. The number of benzene rings is 1. The first-order valence-electron chi connectivity index (χ1n) is 5.30. The van der Waals surface area contributed by atoms with E-state index in [4.69, 9.17) is 0 Å². The Labute approximate surface area is 91.3 Å². The van der Waals surface area contributed by atoms with Gasteiger partial charge in [0.1, 0.15) is 0 Å². The molecule has 0 saturated carbocycles. The number of para-hydroxylation sites is 1. The molecule has 0 aliphatic carbocycles. The van der Waals surface area contributed by atoms with E-state index in [0.29, 0.717) is 0 Å². The van der Waals surface area contributed by atoms with E-state index in [-0.39, 0.29) is 0 Å². The van der Waals surface area contributed by atoms with Gasteiger partial charge in [-0.05, 0) is 36.5 Å². The predicted molar refractivity (Wildman–Crippen MR) is 67.2 cm³/mol. The summed E-state index contributed by atoms with van der Waals surface area (Å²) in [5, 5.41) is 3.41. The van der Waals surface area contributed by atoms with Crippen LogP contribution in [0.4, 0.5) is 5.69 Å². The Morgan fingerprint density at radius 2 is 1.93 bits per heavy atom. The molecule has 1 rings (SSSR count). The average molecular weight is 209 g/mol. The Morgan fingerprint density at radius 3 is 2.64 bits per heavy atom. The minimum absolute atomic E-state index is 1.08. The summed E-state index contributed by atoms with van der Waals surface area (Å²) in [6, 6.07) is 10.4. The topological polar surface area (TPSA) is 12.0 Å². The van der Waals surface area contributed by atoms with Crippen LogP contribution in [0.1, 0.15) is 19.8 Å². The zero-order valence-electron chi connectivity index (χ0n) is 8.83. The summed E-state index contributed by atoms with van der Waals surface area (Å²) < 4.78 is 0. The van der Waals surface area contributed by atoms with Gasteiger partial charge < -0.3 is 5.32 Å². The van der Waals surface area contributed by atoms with Gasteiger partial charge in [0.25, 0.3) is 0 Å². The van der Waals surface area contributed by atoms with Crippen molar-refractivity contribution in [1.29, 1.82) is 0 Å². The van der Waals surface area contributed by atoms with Crippen molar-refractivity contribution < 1.29 is 0 Å². The van der Waals surface area contributed by atoms with Crippen molar-refractivity contribution in [2.45, 2.75) is 19.8 Å². The standard InChI is InChI=1S/C12H19NS/c1-2-10-14-11-6-9-13-12-7-4-3-5-8-12/h3-5,7-8,13H,2,6,9-11H2,1H3. The third-order valence-corrected chi connectivity index (χ3v) is 3.19. The highest BCUT2D eigenvalue weighted by atomic mass is 32.2. The van der Waals surface area contributed by atoms with Crippen molar-refractivity contribution in [2.75, 3.05) is 23.4 Å². The molecule has 1 aromatic carbocycles. The molecule has 0 aliphatic heterocycles. The second-order valence-electron chi connectivity index (χ2n) is 3.26. The van der Waals surface area contributed by atoms with Crippen molar-refractivity contribution in [3.8, 4) is 0 Å². The minimum Gasteiger partial charge on any atom is -0.385 e. The first-order valence-corrected chi connectivity index (χ1v) is 6.45. The van der Waals surface area contributed by atoms with E-state index in [0.717, 1.165) is 6.54 Å². The Morgan fingerprint density at radius 1 is 1.14 bits per heavy atom. The fourth-order valence-electron chi connectivity index (χ4n) is 1.21. The Hall–Kier alpha value is -0.630. The summed E-state index contributed by atoms with van der Waals surface area (Å²) in [4.78, 5) is 0. The fourth-order valence-corrected chi connectivity index (χ4v) is 2.05. The predicted octanol–water partition coefficient (Wildman–Crippen LogP) is 3.63. The first-order chi connectivity index (χ1) is 6.93. The lowest BCUT2D eigenvalue weighted by molar-refractivity contribution is 0.988. The molecule has 0 amide bonds. The molecule has 0 atom stereocenters. The highest BCUT2D eigenvalue weighted by Gasteiger charge is 1.90. The number of nitrogens with one attached hydrogen (secondary N) is 1. The zero-order valence-corrected chi connectivity index (χ0v) is 9.65. The van der Waals surface area contributed by atoms with Gasteiger partial charge in [-0.25, -0.2) is 0 Å². The van der Waals surface area contributed by atoms with Gasteiger partial charge in [0, 0.05) is 12.2 Å². The first kappa shape index (κ1) is 11.4. The molecule has 0 bridgehead atoms. The quantitative estimate of drug-likeness (QED) is 0.688. The molecular formula is C12H19NS. The Balaban J connectivity index is 1.99. The van der Waals surface area contributed by atoms with Gasteiger partial charge in [0.15, 0.2) is 0 Å². The van der Waals surface area contributed by atoms with Crippen LogP contribution in [0.2, 0.25) is 0 Å². The van der Waals surface area contributed by atoms with Crippen molar-refractivity contribution in [3.05, 3.63) is 30.3 Å². The summed E-state index contributed by atoms with van der Waals surface area (Å²) in [6.07, 6.45) is 2.54. The molecule has 14 heavy (non-hydrogen) atoms. The average Bonchev–Trinajstić information content (AvgIpc) is 2.25. The molecule has 78 valence electrons. The highest BCUT2D eigenvalue weighted by Crippen LogP contribution is 2.07. The maximum Gasteiger partial charge on any atom is 0.0340 e. The summed E-state index contributed by atoms with van der Waals surface area (Å²) in [7, 11) is 0. The van der Waals surface area contributed by atoms with Gasteiger partial charge >= 0.3 is 0 Å². The molecule has 2 heteroatoms. The molecule has 0 radical (unpaired) electrons. The van der Waals surface area contributed by atoms with E-state index in [1.807, 2.05) is 17.8 Å². The van der Waals surface area contributed by atoms with Gasteiger partial charge in [-0.15, -0.1) is 0 Å². The van der Waals surface area contributed by atoms with Crippen molar-refractivity contribution in [2.24, 2.45) is 0 Å². The van der Waals surface area contributed by atoms with E-state index in [2.05, 4.69) is 36.5 Å². The molecule has 0 unspecified atom stereocenters. The number of thioether (sulfide) groups is 1. The van der Waals surface area contributed by atoms with Gasteiger partial charge in [-0.2, -0.15) is 11.8 Å². The third kappa shape index (κ3) is 5.18. The monoisotopic (exact) mass is 209 g/mol. The van der Waals surface area contributed by atoms with Crippen LogP contribution < -0.4 is 5.32 Å². The lowest BCUT2D eigenvalue weighted by atomic mass is 10.3. The van der Waals surface area contributed by atoms with Crippen LogP contribution in [-0.2, 0) is 0 Å². The number of hydrogen-bond acceptors (Lipinski definition) is 2. The van der Waals surface area contributed by atoms with Gasteiger partial charge in [-0.3, -0.25) is 0 Å². The summed E-state index contributed by atoms with van der Waals surface area (Å²) in [5.41, 5.74) is 1.23. The van der Waals surface area contributed by atoms with E-state index in [1.165, 1.54) is 30.0 Å². The second-order valence-corrected chi connectivity index (χ2v) is 4.48. The molecule has 1 aromatic rings. The molecule has 0 saturated heterocycles. The van der Waals surface area contributed by atoms with Crippen LogP contribution in [0.3, 0.4) is 0 Å². The van der Waals surface area contributed by atoms with E-state index in [1.54, 1.807) is 0 Å². The minimum atomic E-state index is 1.08. The molecule has 0 aliphatic rings. The van der Waals surface area contributed by atoms with Crippen LogP contribution in [0.5, 0.6) is 0 Å². The van der Waals surface area contributed by atoms with Gasteiger partial charge in [0.2, 0.25) is 0 Å². The molecule has 0 spiro atoms. The molecule has 0 heterocycles. The van der Waals surface area contributed by atoms with Gasteiger partial charge in [-0.1, -0.05) is 25.1 Å². The lowest BCUT2D eigenvalue weighted by Crippen LogP contribution is -2.02. The SMILES string of the molecule is CCCSCCCNc1ccccc1. The van der Waals surface area contributed by atoms with Crippen LogP contribution in [0.15, 0.2) is 30.3 Å². The van der Waals surface area contributed by atoms with E-state index < -0.39 is 0 Å². The van der Waals surface area contributed by atoms with E-state index in [9.17, 15) is 0 Å². The maximum atomic E-state index is 3.41.